The lowest BCUT2D eigenvalue weighted by Crippen LogP contribution is -2.16. The molecule has 1 nitrogen and oxygen atoms in total. The third-order valence-corrected chi connectivity index (χ3v) is 2.39. The molecular formula is C12H14F5N. The minimum Gasteiger partial charge on any atom is -0.313 e. The average molecular weight is 267 g/mol. The summed E-state index contributed by atoms with van der Waals surface area (Å²) >= 11 is 0. The molecule has 0 fully saturated rings. The van der Waals surface area contributed by atoms with Crippen LogP contribution >= 0.6 is 0 Å². The Bertz CT molecular complexity index is 375. The van der Waals surface area contributed by atoms with E-state index in [4.69, 9.17) is 0 Å². The summed E-state index contributed by atoms with van der Waals surface area (Å²) < 4.78 is 61.4. The van der Waals surface area contributed by atoms with E-state index in [9.17, 15) is 22.0 Å². The van der Waals surface area contributed by atoms with Crippen LogP contribution in [0.1, 0.15) is 24.8 Å². The zero-order valence-corrected chi connectivity index (χ0v) is 9.66. The summed E-state index contributed by atoms with van der Waals surface area (Å²) in [4.78, 5) is 0. The summed E-state index contributed by atoms with van der Waals surface area (Å²) in [7, 11) is 0. The summed E-state index contributed by atoms with van der Waals surface area (Å²) in [5, 5.41) is 2.78. The highest BCUT2D eigenvalue weighted by Crippen LogP contribution is 2.21. The second kappa shape index (κ2) is 6.68. The van der Waals surface area contributed by atoms with E-state index in [0.717, 1.165) is 18.2 Å². The fourth-order valence-corrected chi connectivity index (χ4v) is 1.48. The van der Waals surface area contributed by atoms with E-state index in [1.807, 2.05) is 0 Å². The van der Waals surface area contributed by atoms with Gasteiger partial charge >= 0.3 is 6.18 Å². The molecule has 0 aromatic heterocycles. The lowest BCUT2D eigenvalue weighted by atomic mass is 10.2. The molecule has 0 atom stereocenters. The summed E-state index contributed by atoms with van der Waals surface area (Å²) in [6, 6.07) is 3.11. The van der Waals surface area contributed by atoms with Gasteiger partial charge in [-0.3, -0.25) is 0 Å². The molecule has 102 valence electrons. The van der Waals surface area contributed by atoms with Gasteiger partial charge in [0.1, 0.15) is 11.6 Å². The molecule has 1 aromatic rings. The van der Waals surface area contributed by atoms with Crippen molar-refractivity contribution in [1.29, 1.82) is 0 Å². The molecule has 0 aliphatic carbocycles. The second-order valence-electron chi connectivity index (χ2n) is 3.98. The molecule has 0 spiro atoms. The summed E-state index contributed by atoms with van der Waals surface area (Å²) in [5.74, 6) is -1.07. The summed E-state index contributed by atoms with van der Waals surface area (Å²) in [6.45, 7) is 0.446. The smallest absolute Gasteiger partial charge is 0.313 e. The van der Waals surface area contributed by atoms with Gasteiger partial charge < -0.3 is 5.32 Å². The molecule has 0 heterocycles. The zero-order chi connectivity index (χ0) is 13.6. The third kappa shape index (κ3) is 5.95. The molecule has 0 aliphatic rings. The first-order valence-electron chi connectivity index (χ1n) is 5.60. The van der Waals surface area contributed by atoms with E-state index < -0.39 is 24.2 Å². The molecule has 0 unspecified atom stereocenters. The van der Waals surface area contributed by atoms with Crippen molar-refractivity contribution in [2.24, 2.45) is 0 Å². The van der Waals surface area contributed by atoms with Crippen LogP contribution in [-0.4, -0.2) is 12.7 Å². The van der Waals surface area contributed by atoms with Gasteiger partial charge in [-0.1, -0.05) is 0 Å². The first-order valence-corrected chi connectivity index (χ1v) is 5.60. The summed E-state index contributed by atoms with van der Waals surface area (Å²) in [6.07, 6.45) is -4.57. The molecule has 0 saturated heterocycles. The Kier molecular flexibility index (Phi) is 5.53. The highest BCUT2D eigenvalue weighted by atomic mass is 19.4. The molecule has 1 rings (SSSR count). The minimum absolute atomic E-state index is 0.0299. The maximum atomic E-state index is 13.1. The Hall–Kier alpha value is -1.17. The topological polar surface area (TPSA) is 12.0 Å². The molecular weight excluding hydrogens is 253 g/mol. The van der Waals surface area contributed by atoms with Crippen LogP contribution in [0.25, 0.3) is 0 Å². The van der Waals surface area contributed by atoms with Crippen molar-refractivity contribution < 1.29 is 22.0 Å². The van der Waals surface area contributed by atoms with Crippen LogP contribution in [-0.2, 0) is 6.54 Å². The Balaban J connectivity index is 2.20. The maximum absolute atomic E-state index is 13.1. The number of benzene rings is 1. The van der Waals surface area contributed by atoms with Crippen molar-refractivity contribution in [2.45, 2.75) is 32.0 Å². The highest BCUT2D eigenvalue weighted by Gasteiger charge is 2.25. The average Bonchev–Trinajstić information content (AvgIpc) is 2.26. The van der Waals surface area contributed by atoms with Crippen LogP contribution in [0, 0.1) is 11.6 Å². The van der Waals surface area contributed by atoms with E-state index in [1.165, 1.54) is 0 Å². The predicted octanol–water partition coefficient (Wildman–Crippen LogP) is 3.79. The number of halogens is 5. The van der Waals surface area contributed by atoms with E-state index in [2.05, 4.69) is 5.32 Å². The number of hydrogen-bond acceptors (Lipinski definition) is 1. The zero-order valence-electron chi connectivity index (χ0n) is 9.66. The highest BCUT2D eigenvalue weighted by molar-refractivity contribution is 5.18. The molecule has 6 heteroatoms. The van der Waals surface area contributed by atoms with E-state index in [1.54, 1.807) is 0 Å². The molecule has 0 bridgehead atoms. The van der Waals surface area contributed by atoms with Crippen LogP contribution in [0.2, 0.25) is 0 Å². The number of nitrogens with one attached hydrogen (secondary N) is 1. The Morgan fingerprint density at radius 1 is 1.06 bits per heavy atom. The fraction of sp³-hybridized carbons (Fsp3) is 0.500. The molecule has 1 aromatic carbocycles. The van der Waals surface area contributed by atoms with Crippen LogP contribution in [0.15, 0.2) is 18.2 Å². The molecule has 0 aliphatic heterocycles. The second-order valence-corrected chi connectivity index (χ2v) is 3.98. The van der Waals surface area contributed by atoms with Gasteiger partial charge in [-0.2, -0.15) is 13.2 Å². The van der Waals surface area contributed by atoms with Gasteiger partial charge in [0.25, 0.3) is 0 Å². The van der Waals surface area contributed by atoms with Crippen molar-refractivity contribution in [2.75, 3.05) is 6.54 Å². The van der Waals surface area contributed by atoms with Crippen LogP contribution < -0.4 is 5.32 Å². The molecule has 18 heavy (non-hydrogen) atoms. The normalized spacial score (nSPS) is 11.8. The molecule has 0 saturated carbocycles. The van der Waals surface area contributed by atoms with Crippen molar-refractivity contribution in [3.8, 4) is 0 Å². The van der Waals surface area contributed by atoms with Gasteiger partial charge in [0.05, 0.1) is 0 Å². The monoisotopic (exact) mass is 267 g/mol. The number of rotatable bonds is 6. The van der Waals surface area contributed by atoms with Crippen molar-refractivity contribution in [1.82, 2.24) is 5.32 Å². The number of hydrogen-bond donors (Lipinski definition) is 1. The molecule has 0 radical (unpaired) electrons. The van der Waals surface area contributed by atoms with Crippen molar-refractivity contribution >= 4 is 0 Å². The Morgan fingerprint density at radius 2 is 1.78 bits per heavy atom. The Labute approximate surface area is 102 Å². The number of alkyl halides is 3. The van der Waals surface area contributed by atoms with Crippen molar-refractivity contribution in [3.63, 3.8) is 0 Å². The van der Waals surface area contributed by atoms with Gasteiger partial charge in [0, 0.05) is 18.5 Å². The summed E-state index contributed by atoms with van der Waals surface area (Å²) in [5.41, 5.74) is 0.172. The quantitative estimate of drug-likeness (QED) is 0.611. The maximum Gasteiger partial charge on any atom is 0.389 e. The van der Waals surface area contributed by atoms with Gasteiger partial charge in [-0.05, 0) is 37.6 Å². The first-order chi connectivity index (χ1) is 8.38. The van der Waals surface area contributed by atoms with Crippen LogP contribution in [0.5, 0.6) is 0 Å². The van der Waals surface area contributed by atoms with Gasteiger partial charge in [0.15, 0.2) is 0 Å². The van der Waals surface area contributed by atoms with Gasteiger partial charge in [0.2, 0.25) is 0 Å². The largest absolute Gasteiger partial charge is 0.389 e. The van der Waals surface area contributed by atoms with Gasteiger partial charge in [-0.15, -0.1) is 0 Å². The SMILES string of the molecule is Fc1ccc(F)c(CNCCCCC(F)(F)F)c1. The Morgan fingerprint density at radius 3 is 2.44 bits per heavy atom. The standard InChI is InChI=1S/C12H14F5N/c13-10-3-4-11(14)9(7-10)8-18-6-2-1-5-12(15,16)17/h3-4,7,18H,1-2,5-6,8H2. The molecule has 1 N–H and O–H groups in total. The van der Waals surface area contributed by atoms with Crippen LogP contribution in [0.4, 0.5) is 22.0 Å². The number of unbranched alkanes of at least 4 members (excludes halogenated alkanes) is 1. The fourth-order valence-electron chi connectivity index (χ4n) is 1.48. The van der Waals surface area contributed by atoms with E-state index in [0.29, 0.717) is 13.0 Å². The lowest BCUT2D eigenvalue weighted by molar-refractivity contribution is -0.135. The van der Waals surface area contributed by atoms with Crippen LogP contribution in [0.3, 0.4) is 0 Å². The lowest BCUT2D eigenvalue weighted by Gasteiger charge is -2.07. The van der Waals surface area contributed by atoms with Crippen molar-refractivity contribution in [3.05, 3.63) is 35.4 Å². The predicted molar refractivity (Wildman–Crippen MR) is 58.0 cm³/mol. The van der Waals surface area contributed by atoms with Gasteiger partial charge in [-0.25, -0.2) is 8.78 Å². The third-order valence-electron chi connectivity index (χ3n) is 2.39. The van der Waals surface area contributed by atoms with E-state index in [-0.39, 0.29) is 18.5 Å². The first kappa shape index (κ1) is 14.9. The minimum atomic E-state index is -4.13. The van der Waals surface area contributed by atoms with E-state index >= 15 is 0 Å². The molecule has 0 amide bonds.